The number of hydrogen-bond donors (Lipinski definition) is 3. The van der Waals surface area contributed by atoms with Crippen molar-refractivity contribution in [3.8, 4) is 0 Å². The van der Waals surface area contributed by atoms with E-state index in [1.807, 2.05) is 0 Å². The van der Waals surface area contributed by atoms with Gasteiger partial charge in [0.1, 0.15) is 0 Å². The van der Waals surface area contributed by atoms with E-state index in [2.05, 4.69) is 6.92 Å². The number of unbranched alkanes of at least 4 members (excludes halogenated alkanes) is 6. The minimum atomic E-state index is -4.67. The molecule has 0 heterocycles. The zero-order valence-corrected chi connectivity index (χ0v) is 28.3. The van der Waals surface area contributed by atoms with Crippen LogP contribution in [-0.2, 0) is 57.8 Å². The zero-order chi connectivity index (χ0) is 33.4. The first-order valence-corrected chi connectivity index (χ1v) is 17.4. The molecule has 3 N–H and O–H groups in total. The van der Waals surface area contributed by atoms with Crippen molar-refractivity contribution in [2.75, 3.05) is 139 Å². The summed E-state index contributed by atoms with van der Waals surface area (Å²) in [5.74, 6) is 0. The van der Waals surface area contributed by atoms with Gasteiger partial charge in [0.15, 0.2) is 0 Å². The maximum atomic E-state index is 8.74. The highest BCUT2D eigenvalue weighted by Gasteiger charge is 1.96. The van der Waals surface area contributed by atoms with Gasteiger partial charge in [-0.15, -0.1) is 0 Å². The van der Waals surface area contributed by atoms with Crippen LogP contribution in [-0.4, -0.2) is 161 Å². The molecule has 0 spiro atoms. The van der Waals surface area contributed by atoms with E-state index in [9.17, 15) is 0 Å². The van der Waals surface area contributed by atoms with Crippen LogP contribution in [0.1, 0.15) is 51.9 Å². The lowest BCUT2D eigenvalue weighted by Gasteiger charge is -2.09. The number of aliphatic hydroxyl groups excluding tert-OH is 1. The van der Waals surface area contributed by atoms with Crippen LogP contribution in [0, 0.1) is 0 Å². The molecular weight excluding hydrogens is 620 g/mol. The van der Waals surface area contributed by atoms with Gasteiger partial charge in [0.2, 0.25) is 0 Å². The highest BCUT2D eigenvalue weighted by atomic mass is 32.3. The third kappa shape index (κ3) is 56.2. The first kappa shape index (κ1) is 46.5. The molecule has 0 radical (unpaired) electrons. The van der Waals surface area contributed by atoms with Gasteiger partial charge in [-0.3, -0.25) is 9.11 Å². The van der Waals surface area contributed by atoms with Crippen molar-refractivity contribution in [1.29, 1.82) is 0 Å². The summed E-state index contributed by atoms with van der Waals surface area (Å²) in [6.07, 6.45) is 9.11. The van der Waals surface area contributed by atoms with Gasteiger partial charge in [0.25, 0.3) is 0 Å². The van der Waals surface area contributed by atoms with Crippen molar-refractivity contribution in [2.24, 2.45) is 0 Å². The smallest absolute Gasteiger partial charge is 0.394 e. The lowest BCUT2D eigenvalue weighted by atomic mass is 10.1. The molecule has 45 heavy (non-hydrogen) atoms. The van der Waals surface area contributed by atoms with Crippen LogP contribution >= 0.6 is 0 Å². The topological polar surface area (TPSA) is 187 Å². The third-order valence-electron chi connectivity index (χ3n) is 5.48. The van der Waals surface area contributed by atoms with Crippen LogP contribution in [0.3, 0.4) is 0 Å². The molecule has 0 aliphatic heterocycles. The summed E-state index contributed by atoms with van der Waals surface area (Å²) in [6, 6.07) is 0. The normalized spacial score (nSPS) is 11.6. The third-order valence-corrected chi connectivity index (χ3v) is 5.48. The van der Waals surface area contributed by atoms with Gasteiger partial charge in [0.05, 0.1) is 132 Å². The Labute approximate surface area is 271 Å². The maximum Gasteiger partial charge on any atom is 0.394 e. The molecule has 0 bridgehead atoms. The molecule has 0 saturated heterocycles. The summed E-state index contributed by atoms with van der Waals surface area (Å²) >= 11 is 0. The minimum Gasteiger partial charge on any atom is -0.394 e. The number of ether oxygens (including phenoxy) is 10. The summed E-state index contributed by atoms with van der Waals surface area (Å²) in [7, 11) is -4.67. The molecule has 0 fully saturated rings. The second-order valence-corrected chi connectivity index (χ2v) is 10.3. The molecular formula is C29H62O15S. The first-order valence-electron chi connectivity index (χ1n) is 16.0. The van der Waals surface area contributed by atoms with Crippen LogP contribution in [0.2, 0.25) is 0 Å². The second-order valence-electron chi connectivity index (χ2n) is 9.42. The lowest BCUT2D eigenvalue weighted by molar-refractivity contribution is -0.0268. The average Bonchev–Trinajstić information content (AvgIpc) is 3.00. The van der Waals surface area contributed by atoms with E-state index in [0.717, 1.165) is 13.0 Å². The van der Waals surface area contributed by atoms with Gasteiger partial charge >= 0.3 is 10.4 Å². The van der Waals surface area contributed by atoms with Gasteiger partial charge in [-0.1, -0.05) is 45.4 Å². The van der Waals surface area contributed by atoms with Crippen molar-refractivity contribution in [2.45, 2.75) is 51.9 Å². The van der Waals surface area contributed by atoms with Crippen molar-refractivity contribution < 1.29 is 70.0 Å². The van der Waals surface area contributed by atoms with Crippen molar-refractivity contribution in [1.82, 2.24) is 0 Å². The van der Waals surface area contributed by atoms with Crippen LogP contribution < -0.4 is 0 Å². The molecule has 0 aliphatic rings. The standard InChI is InChI=1S/C29H60O11.H2O4S/c1-2-3-4-5-6-7-8-10-31-12-14-33-16-18-35-20-22-37-24-26-39-28-29-40-27-25-38-23-21-36-19-17-34-15-13-32-11-9-30;1-5(2,3)4/h30H,2-29H2,1H3;(H2,1,2,3,4). The van der Waals surface area contributed by atoms with Crippen LogP contribution in [0.15, 0.2) is 0 Å². The Bertz CT molecular complexity index is 583. The van der Waals surface area contributed by atoms with E-state index in [4.69, 9.17) is 70.0 Å². The molecule has 0 saturated carbocycles. The molecule has 0 aromatic heterocycles. The van der Waals surface area contributed by atoms with Crippen molar-refractivity contribution in [3.63, 3.8) is 0 Å². The highest BCUT2D eigenvalue weighted by molar-refractivity contribution is 7.79. The average molecular weight is 683 g/mol. The van der Waals surface area contributed by atoms with Gasteiger partial charge < -0.3 is 52.5 Å². The van der Waals surface area contributed by atoms with Crippen LogP contribution in [0.25, 0.3) is 0 Å². The summed E-state index contributed by atoms with van der Waals surface area (Å²) in [5, 5.41) is 8.57. The molecule has 0 aromatic carbocycles. The molecule has 0 aromatic rings. The Kier molecular flexibility index (Phi) is 42.9. The van der Waals surface area contributed by atoms with E-state index in [1.165, 1.54) is 38.5 Å². The Morgan fingerprint density at radius 3 is 0.800 bits per heavy atom. The summed E-state index contributed by atoms with van der Waals surface area (Å²) in [6.45, 7) is 13.1. The summed E-state index contributed by atoms with van der Waals surface area (Å²) in [5.41, 5.74) is 0. The summed E-state index contributed by atoms with van der Waals surface area (Å²) < 4.78 is 85.8. The number of rotatable bonds is 37. The second kappa shape index (κ2) is 41.5. The maximum absolute atomic E-state index is 8.74. The van der Waals surface area contributed by atoms with Crippen LogP contribution in [0.4, 0.5) is 0 Å². The van der Waals surface area contributed by atoms with Gasteiger partial charge in [-0.2, -0.15) is 8.42 Å². The number of aliphatic hydroxyl groups is 1. The van der Waals surface area contributed by atoms with E-state index in [0.29, 0.717) is 126 Å². The Balaban J connectivity index is 0. The Hall–Kier alpha value is -0.570. The van der Waals surface area contributed by atoms with E-state index in [-0.39, 0.29) is 6.61 Å². The predicted molar refractivity (Wildman–Crippen MR) is 167 cm³/mol. The monoisotopic (exact) mass is 682 g/mol. The molecule has 16 heteroatoms. The zero-order valence-electron chi connectivity index (χ0n) is 27.4. The molecule has 0 amide bonds. The summed E-state index contributed by atoms with van der Waals surface area (Å²) in [4.78, 5) is 0. The first-order chi connectivity index (χ1) is 21.9. The van der Waals surface area contributed by atoms with Gasteiger partial charge in [-0.05, 0) is 6.42 Å². The lowest BCUT2D eigenvalue weighted by Crippen LogP contribution is -2.15. The van der Waals surface area contributed by atoms with E-state index < -0.39 is 10.4 Å². The SMILES string of the molecule is CCCCCCCCCOCCOCCOCCOCCOCCOCCOCCOCCOCCOCCO.O=S(=O)(O)O. The molecule has 15 nitrogen and oxygen atoms in total. The van der Waals surface area contributed by atoms with Crippen LogP contribution in [0.5, 0.6) is 0 Å². The minimum absolute atomic E-state index is 0.0303. The molecule has 274 valence electrons. The van der Waals surface area contributed by atoms with Crippen molar-refractivity contribution in [3.05, 3.63) is 0 Å². The molecule has 0 aliphatic carbocycles. The van der Waals surface area contributed by atoms with Crippen molar-refractivity contribution >= 4 is 10.4 Å². The fourth-order valence-corrected chi connectivity index (χ4v) is 3.31. The fraction of sp³-hybridized carbons (Fsp3) is 1.00. The highest BCUT2D eigenvalue weighted by Crippen LogP contribution is 2.06. The quantitative estimate of drug-likeness (QED) is 0.0639. The van der Waals surface area contributed by atoms with E-state index >= 15 is 0 Å². The molecule has 0 unspecified atom stereocenters. The van der Waals surface area contributed by atoms with Gasteiger partial charge in [-0.25, -0.2) is 0 Å². The Morgan fingerprint density at radius 2 is 0.556 bits per heavy atom. The fourth-order valence-electron chi connectivity index (χ4n) is 3.31. The largest absolute Gasteiger partial charge is 0.394 e. The van der Waals surface area contributed by atoms with E-state index in [1.54, 1.807) is 0 Å². The van der Waals surface area contributed by atoms with Gasteiger partial charge in [0, 0.05) is 6.61 Å². The molecule has 0 atom stereocenters. The number of hydrogen-bond acceptors (Lipinski definition) is 13. The predicted octanol–water partition coefficient (Wildman–Crippen LogP) is 2.24. The molecule has 0 rings (SSSR count). The Morgan fingerprint density at radius 1 is 0.356 bits per heavy atom.